The Kier molecular flexibility index (Phi) is 20.9. The van der Waals surface area contributed by atoms with E-state index in [9.17, 15) is 9.59 Å². The summed E-state index contributed by atoms with van der Waals surface area (Å²) in [6, 6.07) is 17.1. The number of esters is 2. The second kappa shape index (κ2) is 25.0. The molecule has 0 spiro atoms. The fraction of sp³-hybridized carbons (Fsp3) is 0.667. The fourth-order valence-electron chi connectivity index (χ4n) is 7.06. The monoisotopic (exact) mass is 747 g/mol. The molecule has 0 saturated carbocycles. The van der Waals surface area contributed by atoms with Crippen molar-refractivity contribution in [3.8, 4) is 11.5 Å². The number of benzene rings is 3. The van der Waals surface area contributed by atoms with Gasteiger partial charge in [0.15, 0.2) is 0 Å². The molecule has 6 nitrogen and oxygen atoms in total. The highest BCUT2D eigenvalue weighted by Gasteiger charge is 2.18. The summed E-state index contributed by atoms with van der Waals surface area (Å²) >= 11 is 0. The number of hydrogen-bond acceptors (Lipinski definition) is 6. The van der Waals surface area contributed by atoms with E-state index in [4.69, 9.17) is 18.9 Å². The fourth-order valence-corrected chi connectivity index (χ4v) is 7.06. The second-order valence-electron chi connectivity index (χ2n) is 17.2. The van der Waals surface area contributed by atoms with Crippen molar-refractivity contribution in [2.24, 2.45) is 0 Å². The quantitative estimate of drug-likeness (QED) is 0.0418. The van der Waals surface area contributed by atoms with Gasteiger partial charge < -0.3 is 18.9 Å². The minimum Gasteiger partial charge on any atom is -0.492 e. The van der Waals surface area contributed by atoms with Crippen molar-refractivity contribution in [1.29, 1.82) is 0 Å². The molecular weight excluding hydrogens is 673 g/mol. The minimum atomic E-state index is -0.385. The summed E-state index contributed by atoms with van der Waals surface area (Å²) < 4.78 is 23.9. The Hall–Kier alpha value is -3.28. The van der Waals surface area contributed by atoms with E-state index in [0.717, 1.165) is 84.8 Å². The molecule has 0 saturated heterocycles. The third kappa shape index (κ3) is 18.8. The number of hydrogen-bond donors (Lipinski definition) is 0. The van der Waals surface area contributed by atoms with Crippen LogP contribution >= 0.6 is 0 Å². The number of fused-ring (bicyclic) bond motifs is 2. The molecule has 0 N–H and O–H groups in total. The third-order valence-corrected chi connectivity index (χ3v) is 9.72. The normalized spacial score (nSPS) is 12.0. The van der Waals surface area contributed by atoms with Crippen LogP contribution in [0.5, 0.6) is 11.5 Å². The molecule has 0 atom stereocenters. The van der Waals surface area contributed by atoms with Crippen molar-refractivity contribution < 1.29 is 28.5 Å². The molecule has 0 aliphatic heterocycles. The largest absolute Gasteiger partial charge is 0.492 e. The van der Waals surface area contributed by atoms with E-state index in [-0.39, 0.29) is 23.1 Å². The summed E-state index contributed by atoms with van der Waals surface area (Å²) in [5, 5.41) is 4.51. The second-order valence-corrected chi connectivity index (χ2v) is 17.2. The van der Waals surface area contributed by atoms with Gasteiger partial charge in [0.2, 0.25) is 0 Å². The highest BCUT2D eigenvalue weighted by atomic mass is 16.6. The van der Waals surface area contributed by atoms with Gasteiger partial charge in [0.25, 0.3) is 0 Å². The molecule has 0 amide bonds. The van der Waals surface area contributed by atoms with E-state index in [1.54, 1.807) is 0 Å². The molecule has 0 aliphatic carbocycles. The predicted molar refractivity (Wildman–Crippen MR) is 226 cm³/mol. The molecule has 0 aromatic heterocycles. The molecule has 0 bridgehead atoms. The molecule has 54 heavy (non-hydrogen) atoms. The first-order chi connectivity index (χ1) is 25.9. The number of rotatable bonds is 28. The average molecular weight is 747 g/mol. The van der Waals surface area contributed by atoms with E-state index in [1.165, 1.54) is 89.9 Å². The van der Waals surface area contributed by atoms with Gasteiger partial charge in [-0.05, 0) is 67.2 Å². The summed E-state index contributed by atoms with van der Waals surface area (Å²) in [5.41, 5.74) is -0.769. The van der Waals surface area contributed by atoms with Gasteiger partial charge in [-0.2, -0.15) is 0 Å². The van der Waals surface area contributed by atoms with Gasteiger partial charge in [-0.25, -0.2) is 0 Å². The van der Waals surface area contributed by atoms with Crippen molar-refractivity contribution in [2.45, 2.75) is 194 Å². The summed E-state index contributed by atoms with van der Waals surface area (Å²) in [4.78, 5) is 23.7. The molecule has 0 unspecified atom stereocenters. The van der Waals surface area contributed by atoms with Crippen LogP contribution in [0.2, 0.25) is 0 Å². The molecule has 302 valence electrons. The Morgan fingerprint density at radius 3 is 0.889 bits per heavy atom. The molecule has 0 fully saturated rings. The molecular formula is C48H74O6. The van der Waals surface area contributed by atoms with Crippen LogP contribution in [0.15, 0.2) is 48.5 Å². The lowest BCUT2D eigenvalue weighted by atomic mass is 10.0. The zero-order valence-corrected chi connectivity index (χ0v) is 35.0. The Morgan fingerprint density at radius 2 is 0.630 bits per heavy atom. The van der Waals surface area contributed by atoms with Crippen molar-refractivity contribution >= 4 is 33.5 Å². The maximum atomic E-state index is 11.8. The highest BCUT2D eigenvalue weighted by molar-refractivity contribution is 6.11. The smallest absolute Gasteiger partial charge is 0.306 e. The van der Waals surface area contributed by atoms with E-state index in [2.05, 4.69) is 48.5 Å². The van der Waals surface area contributed by atoms with Crippen LogP contribution in [0.3, 0.4) is 0 Å². The zero-order chi connectivity index (χ0) is 39.1. The van der Waals surface area contributed by atoms with E-state index in [0.29, 0.717) is 12.8 Å². The van der Waals surface area contributed by atoms with Gasteiger partial charge in [0.05, 0.1) is 13.2 Å². The van der Waals surface area contributed by atoms with Crippen molar-refractivity contribution in [2.75, 3.05) is 13.2 Å². The van der Waals surface area contributed by atoms with Gasteiger partial charge in [-0.3, -0.25) is 9.59 Å². The zero-order valence-electron chi connectivity index (χ0n) is 35.0. The molecule has 3 rings (SSSR count). The van der Waals surface area contributed by atoms with Gasteiger partial charge >= 0.3 is 11.9 Å². The predicted octanol–water partition coefficient (Wildman–Crippen LogP) is 14.0. The lowest BCUT2D eigenvalue weighted by Gasteiger charge is -2.19. The molecule has 0 radical (unpaired) electrons. The van der Waals surface area contributed by atoms with Crippen molar-refractivity contribution in [3.63, 3.8) is 0 Å². The van der Waals surface area contributed by atoms with Crippen LogP contribution in [0.1, 0.15) is 183 Å². The van der Waals surface area contributed by atoms with Crippen LogP contribution < -0.4 is 9.47 Å². The first-order valence-corrected chi connectivity index (χ1v) is 21.6. The van der Waals surface area contributed by atoms with Gasteiger partial charge in [-0.1, -0.05) is 151 Å². The van der Waals surface area contributed by atoms with Crippen LogP contribution in [-0.4, -0.2) is 36.4 Å². The summed E-state index contributed by atoms with van der Waals surface area (Å²) in [5.74, 6) is 1.81. The summed E-state index contributed by atoms with van der Waals surface area (Å²) in [6.07, 6.45) is 24.7. The Morgan fingerprint density at radius 1 is 0.389 bits per heavy atom. The Labute approximate surface area is 328 Å². The lowest BCUT2D eigenvalue weighted by molar-refractivity contribution is -0.156. The van der Waals surface area contributed by atoms with Crippen LogP contribution in [0.4, 0.5) is 0 Å². The third-order valence-electron chi connectivity index (χ3n) is 9.72. The van der Waals surface area contributed by atoms with Gasteiger partial charge in [0.1, 0.15) is 22.7 Å². The molecule has 3 aromatic rings. The molecule has 3 aromatic carbocycles. The minimum absolute atomic E-state index is 0.0725. The topological polar surface area (TPSA) is 71.1 Å². The standard InChI is InChI=1S/C48H74O6/c1-47(2,3)53-43(49)35-23-19-15-11-7-9-13-17-21-29-37-51-45-39-31-25-27-33-41(39)46(42-34-28-26-32-40(42)45)52-38-30-22-18-14-10-8-12-16-20-24-36-44(50)54-48(4,5)6/h25-28,31-34H,7-24,29-30,35-38H2,1-6H3. The number of unbranched alkanes of at least 4 members (excludes halogenated alkanes) is 18. The maximum absolute atomic E-state index is 11.8. The van der Waals surface area contributed by atoms with Crippen molar-refractivity contribution in [3.05, 3.63) is 48.5 Å². The SMILES string of the molecule is CC(C)(C)OC(=O)CCCCCCCCCCCCOc1c2ccccc2c(OCCCCCCCCCCCCC(=O)OC(C)(C)C)c2ccccc12. The first kappa shape index (κ1) is 45.1. The van der Waals surface area contributed by atoms with Crippen molar-refractivity contribution in [1.82, 2.24) is 0 Å². The molecule has 6 heteroatoms. The van der Waals surface area contributed by atoms with Crippen LogP contribution in [-0.2, 0) is 19.1 Å². The maximum Gasteiger partial charge on any atom is 0.306 e. The first-order valence-electron chi connectivity index (χ1n) is 21.6. The highest BCUT2D eigenvalue weighted by Crippen LogP contribution is 2.42. The number of carbonyl (C=O) groups is 2. The lowest BCUT2D eigenvalue weighted by Crippen LogP contribution is -2.23. The molecule has 0 aliphatic rings. The van der Waals surface area contributed by atoms with Crippen LogP contribution in [0.25, 0.3) is 21.5 Å². The Balaban J connectivity index is 1.29. The number of ether oxygens (including phenoxy) is 4. The van der Waals surface area contributed by atoms with E-state index in [1.807, 2.05) is 41.5 Å². The average Bonchev–Trinajstić information content (AvgIpc) is 3.11. The number of carbonyl (C=O) groups excluding carboxylic acids is 2. The van der Waals surface area contributed by atoms with E-state index >= 15 is 0 Å². The molecule has 0 heterocycles. The van der Waals surface area contributed by atoms with E-state index < -0.39 is 0 Å². The summed E-state index contributed by atoms with van der Waals surface area (Å²) in [7, 11) is 0. The Bertz CT molecular complexity index is 1330. The summed E-state index contributed by atoms with van der Waals surface area (Å²) in [6.45, 7) is 13.0. The van der Waals surface area contributed by atoms with Gasteiger partial charge in [0, 0.05) is 34.4 Å². The van der Waals surface area contributed by atoms with Gasteiger partial charge in [-0.15, -0.1) is 0 Å². The van der Waals surface area contributed by atoms with Crippen LogP contribution in [0, 0.1) is 0 Å².